The number of para-hydroxylation sites is 1. The van der Waals surface area contributed by atoms with Crippen LogP contribution in [0.15, 0.2) is 54.9 Å². The molecule has 0 saturated heterocycles. The summed E-state index contributed by atoms with van der Waals surface area (Å²) in [5.74, 6) is 0.911. The van der Waals surface area contributed by atoms with Crippen molar-refractivity contribution in [2.45, 2.75) is 45.8 Å². The quantitative estimate of drug-likeness (QED) is 0.679. The van der Waals surface area contributed by atoms with Crippen LogP contribution in [0.3, 0.4) is 0 Å². The average Bonchev–Trinajstić information content (AvgIpc) is 3.12. The molecule has 0 aliphatic carbocycles. The van der Waals surface area contributed by atoms with Crippen molar-refractivity contribution < 1.29 is 4.74 Å². The number of aromatic amines is 1. The van der Waals surface area contributed by atoms with Crippen LogP contribution in [-0.2, 0) is 25.0 Å². The largest absolute Gasteiger partial charge is 0.496 e. The lowest BCUT2D eigenvalue weighted by molar-refractivity contribution is 0.240. The molecule has 1 N–H and O–H groups in total. The Kier molecular flexibility index (Phi) is 5.91. The van der Waals surface area contributed by atoms with Gasteiger partial charge in [-0.05, 0) is 23.8 Å². The van der Waals surface area contributed by atoms with Gasteiger partial charge in [0.2, 0.25) is 0 Å². The molecule has 0 bridgehead atoms. The highest BCUT2D eigenvalue weighted by atomic mass is 16.5. The van der Waals surface area contributed by atoms with E-state index in [1.54, 1.807) is 13.3 Å². The van der Waals surface area contributed by atoms with Crippen molar-refractivity contribution in [1.82, 2.24) is 20.1 Å². The van der Waals surface area contributed by atoms with E-state index in [2.05, 4.69) is 59.1 Å². The maximum absolute atomic E-state index is 5.54. The summed E-state index contributed by atoms with van der Waals surface area (Å²) >= 11 is 0. The van der Waals surface area contributed by atoms with Crippen LogP contribution in [-0.4, -0.2) is 27.2 Å². The van der Waals surface area contributed by atoms with Gasteiger partial charge < -0.3 is 4.74 Å². The minimum absolute atomic E-state index is 0.0333. The van der Waals surface area contributed by atoms with Crippen LogP contribution in [0.5, 0.6) is 5.75 Å². The number of pyridine rings is 1. The zero-order valence-electron chi connectivity index (χ0n) is 16.6. The number of nitrogens with one attached hydrogen (secondary N) is 1. The third-order valence-electron chi connectivity index (χ3n) is 4.51. The third-order valence-corrected chi connectivity index (χ3v) is 4.51. The van der Waals surface area contributed by atoms with E-state index in [9.17, 15) is 0 Å². The number of nitrogens with zero attached hydrogens (tertiary/aromatic N) is 3. The molecule has 3 aromatic rings. The zero-order valence-corrected chi connectivity index (χ0v) is 16.6. The van der Waals surface area contributed by atoms with Crippen molar-refractivity contribution in [3.8, 4) is 5.75 Å². The number of benzene rings is 1. The molecule has 0 amide bonds. The Morgan fingerprint density at radius 3 is 2.52 bits per heavy atom. The molecule has 2 heterocycles. The van der Waals surface area contributed by atoms with Crippen molar-refractivity contribution >= 4 is 0 Å². The summed E-state index contributed by atoms with van der Waals surface area (Å²) < 4.78 is 5.54. The number of methoxy groups -OCH3 is 1. The Hall–Kier alpha value is -2.66. The van der Waals surface area contributed by atoms with Gasteiger partial charge in [-0.3, -0.25) is 15.0 Å². The molecule has 142 valence electrons. The molecular formula is C22H28N4O. The molecule has 5 nitrogen and oxygen atoms in total. The minimum Gasteiger partial charge on any atom is -0.496 e. The summed E-state index contributed by atoms with van der Waals surface area (Å²) in [7, 11) is 1.72. The predicted octanol–water partition coefficient (Wildman–Crippen LogP) is 4.31. The summed E-state index contributed by atoms with van der Waals surface area (Å²) in [6.07, 6.45) is 3.72. The van der Waals surface area contributed by atoms with Crippen LogP contribution < -0.4 is 4.74 Å². The smallest absolute Gasteiger partial charge is 0.123 e. The molecule has 2 aromatic heterocycles. The van der Waals surface area contributed by atoms with Gasteiger partial charge in [-0.15, -0.1) is 0 Å². The monoisotopic (exact) mass is 364 g/mol. The molecule has 0 spiro atoms. The average molecular weight is 364 g/mol. The molecule has 0 fully saturated rings. The summed E-state index contributed by atoms with van der Waals surface area (Å²) in [5, 5.41) is 7.70. The standard InChI is InChI=1S/C22H28N4O/c1-22(2,3)21-12-19(24-25-21)16-26(14-17-8-7-11-23-13-17)15-18-9-5-6-10-20(18)27-4/h5-13H,14-16H2,1-4H3,(H,24,25). The van der Waals surface area contributed by atoms with Gasteiger partial charge in [-0.2, -0.15) is 5.10 Å². The lowest BCUT2D eigenvalue weighted by atomic mass is 9.92. The van der Waals surface area contributed by atoms with E-state index >= 15 is 0 Å². The molecule has 0 atom stereocenters. The van der Waals surface area contributed by atoms with Crippen molar-refractivity contribution in [3.63, 3.8) is 0 Å². The van der Waals surface area contributed by atoms with Gasteiger partial charge in [0.25, 0.3) is 0 Å². The number of ether oxygens (including phenoxy) is 1. The zero-order chi connectivity index (χ0) is 19.3. The van der Waals surface area contributed by atoms with E-state index in [1.807, 2.05) is 30.5 Å². The van der Waals surface area contributed by atoms with Crippen LogP contribution in [0.2, 0.25) is 0 Å². The minimum atomic E-state index is 0.0333. The Balaban J connectivity index is 1.82. The van der Waals surface area contributed by atoms with Gasteiger partial charge in [0.15, 0.2) is 0 Å². The fourth-order valence-corrected chi connectivity index (χ4v) is 3.06. The number of rotatable bonds is 7. The second-order valence-corrected chi connectivity index (χ2v) is 7.85. The maximum Gasteiger partial charge on any atom is 0.123 e. The molecule has 0 saturated carbocycles. The number of H-pyrrole nitrogens is 1. The van der Waals surface area contributed by atoms with Gasteiger partial charge in [-0.25, -0.2) is 0 Å². The van der Waals surface area contributed by atoms with Crippen LogP contribution in [0.4, 0.5) is 0 Å². The van der Waals surface area contributed by atoms with Crippen molar-refractivity contribution in [3.05, 3.63) is 77.4 Å². The molecule has 1 aromatic carbocycles. The van der Waals surface area contributed by atoms with Gasteiger partial charge in [0.1, 0.15) is 5.75 Å². The second kappa shape index (κ2) is 8.35. The highest BCUT2D eigenvalue weighted by Crippen LogP contribution is 2.23. The van der Waals surface area contributed by atoms with E-state index in [1.165, 1.54) is 11.1 Å². The lowest BCUT2D eigenvalue weighted by Crippen LogP contribution is -2.23. The van der Waals surface area contributed by atoms with E-state index in [0.717, 1.165) is 36.8 Å². The topological polar surface area (TPSA) is 54.0 Å². The Morgan fingerprint density at radius 1 is 1.04 bits per heavy atom. The Labute approximate surface area is 161 Å². The molecule has 0 unspecified atom stereocenters. The fourth-order valence-electron chi connectivity index (χ4n) is 3.06. The van der Waals surface area contributed by atoms with Crippen LogP contribution in [0, 0.1) is 0 Å². The van der Waals surface area contributed by atoms with Gasteiger partial charge >= 0.3 is 0 Å². The van der Waals surface area contributed by atoms with Crippen molar-refractivity contribution in [1.29, 1.82) is 0 Å². The maximum atomic E-state index is 5.54. The number of hydrogen-bond acceptors (Lipinski definition) is 4. The van der Waals surface area contributed by atoms with Crippen LogP contribution in [0.25, 0.3) is 0 Å². The third kappa shape index (κ3) is 5.17. The number of aromatic nitrogens is 3. The van der Waals surface area contributed by atoms with E-state index in [0.29, 0.717) is 0 Å². The molecule has 0 aliphatic rings. The van der Waals surface area contributed by atoms with Crippen LogP contribution >= 0.6 is 0 Å². The Morgan fingerprint density at radius 2 is 1.85 bits per heavy atom. The summed E-state index contributed by atoms with van der Waals surface area (Å²) in [6.45, 7) is 8.88. The molecular weight excluding hydrogens is 336 g/mol. The fraction of sp³-hybridized carbons (Fsp3) is 0.364. The van der Waals surface area contributed by atoms with E-state index < -0.39 is 0 Å². The van der Waals surface area contributed by atoms with Crippen molar-refractivity contribution in [2.75, 3.05) is 7.11 Å². The van der Waals surface area contributed by atoms with Gasteiger partial charge in [0, 0.05) is 48.7 Å². The highest BCUT2D eigenvalue weighted by molar-refractivity contribution is 5.33. The first-order valence-corrected chi connectivity index (χ1v) is 9.23. The first-order chi connectivity index (χ1) is 13.0. The molecule has 27 heavy (non-hydrogen) atoms. The van der Waals surface area contributed by atoms with E-state index in [4.69, 9.17) is 4.74 Å². The second-order valence-electron chi connectivity index (χ2n) is 7.85. The summed E-state index contributed by atoms with van der Waals surface area (Å²) in [4.78, 5) is 6.62. The highest BCUT2D eigenvalue weighted by Gasteiger charge is 2.19. The molecule has 5 heteroatoms. The molecule has 0 radical (unpaired) electrons. The predicted molar refractivity (Wildman–Crippen MR) is 107 cm³/mol. The molecule has 0 aliphatic heterocycles. The first-order valence-electron chi connectivity index (χ1n) is 9.23. The SMILES string of the molecule is COc1ccccc1CN(Cc1cccnc1)Cc1cc(C(C)(C)C)n[nH]1. The Bertz CT molecular complexity index is 852. The van der Waals surface area contributed by atoms with Gasteiger partial charge in [-0.1, -0.05) is 45.0 Å². The van der Waals surface area contributed by atoms with Gasteiger partial charge in [0.05, 0.1) is 12.8 Å². The van der Waals surface area contributed by atoms with E-state index in [-0.39, 0.29) is 5.41 Å². The molecule has 3 rings (SSSR count). The first kappa shape index (κ1) is 19.1. The number of hydrogen-bond donors (Lipinski definition) is 1. The van der Waals surface area contributed by atoms with Crippen LogP contribution in [0.1, 0.15) is 43.3 Å². The summed E-state index contributed by atoms with van der Waals surface area (Å²) in [5.41, 5.74) is 4.57. The lowest BCUT2D eigenvalue weighted by Gasteiger charge is -2.23. The van der Waals surface area contributed by atoms with Crippen molar-refractivity contribution in [2.24, 2.45) is 0 Å². The summed E-state index contributed by atoms with van der Waals surface area (Å²) in [6, 6.07) is 14.4. The normalized spacial score (nSPS) is 11.7.